The quantitative estimate of drug-likeness (QED) is 0.606. The van der Waals surface area contributed by atoms with Crippen LogP contribution in [0.2, 0.25) is 5.02 Å². The lowest BCUT2D eigenvalue weighted by Crippen LogP contribution is -2.48. The summed E-state index contributed by atoms with van der Waals surface area (Å²) in [7, 11) is 1.54. The topological polar surface area (TPSA) is 123 Å². The number of aromatic nitrogens is 4. The van der Waals surface area contributed by atoms with Gasteiger partial charge in [-0.3, -0.25) is 4.79 Å². The number of anilines is 1. The number of aryl methyl sites for hydroxylation is 1. The van der Waals surface area contributed by atoms with Crippen molar-refractivity contribution in [3.63, 3.8) is 0 Å². The molecular weight excluding hydrogens is 430 g/mol. The zero-order chi connectivity index (χ0) is 23.2. The summed E-state index contributed by atoms with van der Waals surface area (Å²) in [5.74, 6) is 2.48. The molecule has 4 rings (SSSR count). The van der Waals surface area contributed by atoms with Gasteiger partial charge in [0.05, 0.1) is 34.8 Å². The van der Waals surface area contributed by atoms with E-state index in [9.17, 15) is 10.1 Å². The zero-order valence-electron chi connectivity index (χ0n) is 17.8. The van der Waals surface area contributed by atoms with Crippen molar-refractivity contribution in [3.05, 3.63) is 39.8 Å². The van der Waals surface area contributed by atoms with Crippen LogP contribution >= 0.6 is 11.6 Å². The summed E-state index contributed by atoms with van der Waals surface area (Å²) in [6.07, 6.45) is 6.61. The normalized spacial score (nSPS) is 14.5. The molecule has 3 aromatic rings. The second-order valence-corrected chi connectivity index (χ2v) is 8.00. The molecule has 1 aliphatic rings. The number of nitrogens with zero attached hydrogens (tertiary/aromatic N) is 6. The highest BCUT2D eigenvalue weighted by atomic mass is 35.5. The first-order chi connectivity index (χ1) is 15.3. The Hall–Kier alpha value is -3.82. The number of nitrogen functional groups attached to an aromatic ring is 1. The van der Waals surface area contributed by atoms with Gasteiger partial charge in [-0.2, -0.15) is 10.4 Å². The van der Waals surface area contributed by atoms with Crippen LogP contribution in [0.25, 0.3) is 11.0 Å². The van der Waals surface area contributed by atoms with Gasteiger partial charge in [-0.25, -0.2) is 14.6 Å². The lowest BCUT2D eigenvalue weighted by molar-refractivity contribution is -0.129. The summed E-state index contributed by atoms with van der Waals surface area (Å²) >= 11 is 6.53. The fraction of sp³-hybridized carbons (Fsp3) is 0.318. The van der Waals surface area contributed by atoms with E-state index in [1.165, 1.54) is 6.33 Å². The third kappa shape index (κ3) is 3.19. The molecular formula is C22H20ClN7O2. The Morgan fingerprint density at radius 2 is 2.16 bits per heavy atom. The Bertz CT molecular complexity index is 1330. The van der Waals surface area contributed by atoms with Gasteiger partial charge in [-0.1, -0.05) is 11.6 Å². The van der Waals surface area contributed by atoms with Crippen molar-refractivity contribution in [1.82, 2.24) is 24.6 Å². The minimum Gasteiger partial charge on any atom is -0.496 e. The standard InChI is InChI=1S/C22H20ClN7O2/c1-5-17(31)29-8-13(9-29)19-15(7-24)16(23)6-14(20(19)32-4)12(3)30-22-18(11(2)28-30)21(25)26-10-27-22/h1,6,10,12-13H,8-9H2,2-4H3,(H2,25,26,27). The number of halogens is 1. The average Bonchev–Trinajstić information content (AvgIpc) is 3.09. The number of rotatable bonds is 4. The van der Waals surface area contributed by atoms with E-state index >= 15 is 0 Å². The van der Waals surface area contributed by atoms with Gasteiger partial charge in [-0.05, 0) is 25.8 Å². The number of likely N-dealkylation sites (tertiary alicyclic amines) is 1. The monoisotopic (exact) mass is 449 g/mol. The smallest absolute Gasteiger partial charge is 0.298 e. The minimum absolute atomic E-state index is 0.129. The van der Waals surface area contributed by atoms with E-state index in [0.29, 0.717) is 57.5 Å². The average molecular weight is 450 g/mol. The molecule has 1 atom stereocenters. The van der Waals surface area contributed by atoms with Crippen LogP contribution in [0.1, 0.15) is 41.3 Å². The maximum Gasteiger partial charge on any atom is 0.298 e. The molecule has 10 heteroatoms. The molecule has 0 bridgehead atoms. The fourth-order valence-corrected chi connectivity index (χ4v) is 4.46. The summed E-state index contributed by atoms with van der Waals surface area (Å²) in [4.78, 5) is 21.8. The van der Waals surface area contributed by atoms with Crippen LogP contribution in [-0.2, 0) is 4.79 Å². The minimum atomic E-state index is -0.384. The van der Waals surface area contributed by atoms with Crippen molar-refractivity contribution in [2.75, 3.05) is 25.9 Å². The van der Waals surface area contributed by atoms with Gasteiger partial charge in [0.25, 0.3) is 5.91 Å². The van der Waals surface area contributed by atoms with Crippen molar-refractivity contribution in [1.29, 1.82) is 5.26 Å². The highest BCUT2D eigenvalue weighted by molar-refractivity contribution is 6.32. The largest absolute Gasteiger partial charge is 0.496 e. The number of nitriles is 1. The van der Waals surface area contributed by atoms with Crippen LogP contribution in [0.4, 0.5) is 5.82 Å². The van der Waals surface area contributed by atoms with Gasteiger partial charge in [0.2, 0.25) is 0 Å². The first-order valence-corrected chi connectivity index (χ1v) is 10.2. The summed E-state index contributed by atoms with van der Waals surface area (Å²) in [5.41, 5.74) is 9.03. The van der Waals surface area contributed by atoms with E-state index in [1.807, 2.05) is 13.8 Å². The molecule has 1 aromatic carbocycles. The van der Waals surface area contributed by atoms with E-state index in [-0.39, 0.29) is 17.9 Å². The van der Waals surface area contributed by atoms with Gasteiger partial charge < -0.3 is 15.4 Å². The third-order valence-corrected chi connectivity index (χ3v) is 6.12. The van der Waals surface area contributed by atoms with Crippen molar-refractivity contribution >= 4 is 34.4 Å². The summed E-state index contributed by atoms with van der Waals surface area (Å²) in [6.45, 7) is 4.54. The van der Waals surface area contributed by atoms with Gasteiger partial charge in [-0.15, -0.1) is 6.42 Å². The second kappa shape index (κ2) is 8.03. The van der Waals surface area contributed by atoms with E-state index in [0.717, 1.165) is 5.56 Å². The van der Waals surface area contributed by atoms with Gasteiger partial charge in [0, 0.05) is 30.1 Å². The van der Waals surface area contributed by atoms with Crippen molar-refractivity contribution < 1.29 is 9.53 Å². The number of hydrogen-bond donors (Lipinski definition) is 1. The molecule has 32 heavy (non-hydrogen) atoms. The molecule has 3 heterocycles. The number of nitrogens with two attached hydrogens (primary N) is 1. The number of hydrogen-bond acceptors (Lipinski definition) is 7. The van der Waals surface area contributed by atoms with Crippen LogP contribution in [-0.4, -0.2) is 50.8 Å². The predicted molar refractivity (Wildman–Crippen MR) is 119 cm³/mol. The molecule has 0 spiro atoms. The number of fused-ring (bicyclic) bond motifs is 1. The zero-order valence-corrected chi connectivity index (χ0v) is 18.5. The van der Waals surface area contributed by atoms with Crippen LogP contribution in [0.5, 0.6) is 5.75 Å². The summed E-state index contributed by atoms with van der Waals surface area (Å²) in [5, 5.41) is 15.4. The van der Waals surface area contributed by atoms with Crippen LogP contribution in [0.15, 0.2) is 12.4 Å². The molecule has 0 radical (unpaired) electrons. The Morgan fingerprint density at radius 1 is 1.44 bits per heavy atom. The van der Waals surface area contributed by atoms with Gasteiger partial charge in [0.15, 0.2) is 5.65 Å². The molecule has 2 N–H and O–H groups in total. The molecule has 0 saturated carbocycles. The number of carbonyl (C=O) groups excluding carboxylic acids is 1. The van der Waals surface area contributed by atoms with Crippen molar-refractivity contribution in [2.24, 2.45) is 0 Å². The maximum atomic E-state index is 11.8. The molecule has 1 saturated heterocycles. The van der Waals surface area contributed by atoms with E-state index < -0.39 is 0 Å². The number of carbonyl (C=O) groups is 1. The van der Waals surface area contributed by atoms with Crippen LogP contribution in [0, 0.1) is 30.6 Å². The predicted octanol–water partition coefficient (Wildman–Crippen LogP) is 2.42. The molecule has 0 aliphatic carbocycles. The fourth-order valence-electron chi connectivity index (χ4n) is 4.20. The molecule has 2 aromatic heterocycles. The molecule has 1 aliphatic heterocycles. The Labute approximate surface area is 189 Å². The van der Waals surface area contributed by atoms with Gasteiger partial charge >= 0.3 is 0 Å². The van der Waals surface area contributed by atoms with Crippen molar-refractivity contribution in [2.45, 2.75) is 25.8 Å². The second-order valence-electron chi connectivity index (χ2n) is 7.60. The highest BCUT2D eigenvalue weighted by Crippen LogP contribution is 2.44. The number of ether oxygens (including phenoxy) is 1. The number of terminal acetylenes is 1. The molecule has 1 fully saturated rings. The molecule has 1 unspecified atom stereocenters. The molecule has 1 amide bonds. The lowest BCUT2D eigenvalue weighted by atomic mass is 9.85. The first-order valence-electron chi connectivity index (χ1n) is 9.83. The number of amides is 1. The van der Waals surface area contributed by atoms with Gasteiger partial charge in [0.1, 0.15) is 24.0 Å². The molecule has 162 valence electrons. The lowest BCUT2D eigenvalue weighted by Gasteiger charge is -2.39. The van der Waals surface area contributed by atoms with E-state index in [4.69, 9.17) is 28.5 Å². The Morgan fingerprint density at radius 3 is 2.78 bits per heavy atom. The highest BCUT2D eigenvalue weighted by Gasteiger charge is 2.37. The Balaban J connectivity index is 1.85. The first kappa shape index (κ1) is 21.4. The number of benzene rings is 1. The van der Waals surface area contributed by atoms with Crippen molar-refractivity contribution in [3.8, 4) is 24.2 Å². The maximum absolute atomic E-state index is 11.8. The Kier molecular flexibility index (Phi) is 5.37. The summed E-state index contributed by atoms with van der Waals surface area (Å²) in [6, 6.07) is 3.54. The third-order valence-electron chi connectivity index (χ3n) is 5.82. The van der Waals surface area contributed by atoms with E-state index in [1.54, 1.807) is 22.8 Å². The van der Waals surface area contributed by atoms with Crippen LogP contribution in [0.3, 0.4) is 0 Å². The summed E-state index contributed by atoms with van der Waals surface area (Å²) < 4.78 is 7.52. The van der Waals surface area contributed by atoms with Crippen LogP contribution < -0.4 is 10.5 Å². The van der Waals surface area contributed by atoms with E-state index in [2.05, 4.69) is 27.1 Å². The molecule has 9 nitrogen and oxygen atoms in total. The number of methoxy groups -OCH3 is 1. The SMILES string of the molecule is C#CC(=O)N1CC(c2c(C#N)c(Cl)cc(C(C)n3nc(C)c4c(N)ncnc43)c2OC)C1.